The Bertz CT molecular complexity index is 1380. The lowest BCUT2D eigenvalue weighted by Gasteiger charge is -2.08. The predicted octanol–water partition coefficient (Wildman–Crippen LogP) is 6.69. The van der Waals surface area contributed by atoms with Gasteiger partial charge in [-0.15, -0.1) is 0 Å². The normalized spacial score (nSPS) is 11.3. The van der Waals surface area contributed by atoms with Crippen LogP contribution in [-0.4, -0.2) is 23.6 Å². The summed E-state index contributed by atoms with van der Waals surface area (Å²) in [5.41, 5.74) is 4.48. The molecule has 2 heterocycles. The Morgan fingerprint density at radius 3 is 2.07 bits per heavy atom. The van der Waals surface area contributed by atoms with Crippen molar-refractivity contribution in [1.29, 1.82) is 0 Å². The van der Waals surface area contributed by atoms with Crippen LogP contribution in [0, 0.1) is 5.82 Å². The minimum absolute atomic E-state index is 0.120. The molecular weight excluding hydrogens is 423 g/mol. The number of aromatic nitrogens is 2. The summed E-state index contributed by atoms with van der Waals surface area (Å²) in [6, 6.07) is 18.7. The molecule has 5 aromatic rings. The van der Waals surface area contributed by atoms with Crippen molar-refractivity contribution in [1.82, 2.24) is 9.38 Å². The lowest BCUT2D eigenvalue weighted by atomic mass is 10.0. The van der Waals surface area contributed by atoms with E-state index in [1.54, 1.807) is 20.3 Å². The van der Waals surface area contributed by atoms with Gasteiger partial charge in [0.15, 0.2) is 4.96 Å². The number of fused-ring (bicyclic) bond motifs is 3. The molecule has 5 rings (SSSR count). The quantitative estimate of drug-likeness (QED) is 0.313. The zero-order valence-electron chi connectivity index (χ0n) is 16.1. The second kappa shape index (κ2) is 7.31. The van der Waals surface area contributed by atoms with E-state index in [1.807, 2.05) is 52.9 Å². The topological polar surface area (TPSA) is 35.8 Å². The maximum atomic E-state index is 14.0. The molecule has 0 saturated carbocycles. The summed E-state index contributed by atoms with van der Waals surface area (Å²) in [5.74, 6) is 1.11. The first-order valence-corrected chi connectivity index (χ1v) is 10.4. The molecule has 0 N–H and O–H groups in total. The number of nitrogens with zero attached hydrogens (tertiary/aromatic N) is 2. The Labute approximate surface area is 181 Å². The molecule has 150 valence electrons. The average Bonchev–Trinajstić information content (AvgIpc) is 3.33. The van der Waals surface area contributed by atoms with Crippen LogP contribution >= 0.6 is 22.9 Å². The fraction of sp³-hybridized carbons (Fsp3) is 0.0870. The van der Waals surface area contributed by atoms with E-state index >= 15 is 0 Å². The van der Waals surface area contributed by atoms with Crippen LogP contribution in [0.25, 0.3) is 37.7 Å². The van der Waals surface area contributed by atoms with E-state index in [0.29, 0.717) is 4.70 Å². The SMILES string of the molecule is COc1ccc(-c2nc3sc4c(Cl)c(F)ccc4n3c2-c2ccc(OC)cc2)cc1. The van der Waals surface area contributed by atoms with Crippen molar-refractivity contribution in [3.63, 3.8) is 0 Å². The Kier molecular flexibility index (Phi) is 4.60. The molecular formula is C23H16ClFN2O2S. The molecule has 0 aliphatic carbocycles. The van der Waals surface area contributed by atoms with E-state index in [1.165, 1.54) is 17.4 Å². The number of methoxy groups -OCH3 is 2. The molecule has 0 aliphatic rings. The molecule has 0 unspecified atom stereocenters. The third kappa shape index (κ3) is 2.91. The Balaban J connectivity index is 1.83. The molecule has 0 bridgehead atoms. The molecule has 7 heteroatoms. The van der Waals surface area contributed by atoms with E-state index in [0.717, 1.165) is 44.5 Å². The van der Waals surface area contributed by atoms with Crippen LogP contribution in [0.3, 0.4) is 0 Å². The van der Waals surface area contributed by atoms with Gasteiger partial charge in [-0.1, -0.05) is 22.9 Å². The lowest BCUT2D eigenvalue weighted by Crippen LogP contribution is -1.91. The van der Waals surface area contributed by atoms with Gasteiger partial charge in [-0.3, -0.25) is 4.40 Å². The third-order valence-electron chi connectivity index (χ3n) is 5.04. The number of ether oxygens (including phenoxy) is 2. The highest BCUT2D eigenvalue weighted by Crippen LogP contribution is 2.41. The summed E-state index contributed by atoms with van der Waals surface area (Å²) in [5, 5.41) is 0.120. The summed E-state index contributed by atoms with van der Waals surface area (Å²) >= 11 is 7.62. The van der Waals surface area contributed by atoms with Gasteiger partial charge in [-0.2, -0.15) is 0 Å². The molecule has 0 fully saturated rings. The molecule has 0 spiro atoms. The fourth-order valence-electron chi connectivity index (χ4n) is 3.54. The van der Waals surface area contributed by atoms with Gasteiger partial charge >= 0.3 is 0 Å². The molecule has 0 atom stereocenters. The zero-order chi connectivity index (χ0) is 20.8. The molecule has 4 nitrogen and oxygen atoms in total. The summed E-state index contributed by atoms with van der Waals surface area (Å²) in [7, 11) is 3.27. The first kappa shape index (κ1) is 18.9. The van der Waals surface area contributed by atoms with Crippen LogP contribution < -0.4 is 9.47 Å². The molecule has 0 aliphatic heterocycles. The van der Waals surface area contributed by atoms with Crippen molar-refractivity contribution in [2.45, 2.75) is 0 Å². The number of benzene rings is 3. The van der Waals surface area contributed by atoms with Gasteiger partial charge in [-0.05, 0) is 60.7 Å². The van der Waals surface area contributed by atoms with E-state index in [9.17, 15) is 4.39 Å². The van der Waals surface area contributed by atoms with Gasteiger partial charge in [0.1, 0.15) is 17.3 Å². The van der Waals surface area contributed by atoms with Crippen molar-refractivity contribution < 1.29 is 13.9 Å². The van der Waals surface area contributed by atoms with Crippen molar-refractivity contribution in [3.8, 4) is 34.0 Å². The second-order valence-electron chi connectivity index (χ2n) is 6.70. The van der Waals surface area contributed by atoms with Gasteiger partial charge < -0.3 is 9.47 Å². The van der Waals surface area contributed by atoms with Crippen molar-refractivity contribution in [2.24, 2.45) is 0 Å². The van der Waals surface area contributed by atoms with E-state index in [-0.39, 0.29) is 5.02 Å². The van der Waals surface area contributed by atoms with Crippen molar-refractivity contribution >= 4 is 38.1 Å². The standard InChI is InChI=1S/C23H16ClFN2O2S/c1-28-15-7-3-13(4-8-15)20-21(14-5-9-16(29-2)10-6-14)27-18-12-11-17(25)19(24)22(18)30-23(27)26-20/h3-12H,1-2H3. The molecule has 0 amide bonds. The van der Waals surface area contributed by atoms with Crippen LogP contribution in [0.5, 0.6) is 11.5 Å². The van der Waals surface area contributed by atoms with Gasteiger partial charge in [-0.25, -0.2) is 9.37 Å². The second-order valence-corrected chi connectivity index (χ2v) is 8.05. The van der Waals surface area contributed by atoms with E-state index in [2.05, 4.69) is 0 Å². The minimum atomic E-state index is -0.435. The van der Waals surface area contributed by atoms with Crippen molar-refractivity contribution in [3.05, 3.63) is 71.5 Å². The largest absolute Gasteiger partial charge is 0.497 e. The summed E-state index contributed by atoms with van der Waals surface area (Å²) in [6.07, 6.45) is 0. The number of halogens is 2. The van der Waals surface area contributed by atoms with E-state index < -0.39 is 5.82 Å². The van der Waals surface area contributed by atoms with Crippen LogP contribution in [0.15, 0.2) is 60.7 Å². The van der Waals surface area contributed by atoms with Crippen LogP contribution in [-0.2, 0) is 0 Å². The van der Waals surface area contributed by atoms with Gasteiger partial charge in [0.25, 0.3) is 0 Å². The number of hydrogen-bond donors (Lipinski definition) is 0. The van der Waals surface area contributed by atoms with Gasteiger partial charge in [0.2, 0.25) is 0 Å². The van der Waals surface area contributed by atoms with Crippen LogP contribution in [0.4, 0.5) is 4.39 Å². The third-order valence-corrected chi connectivity index (χ3v) is 6.59. The molecule has 0 radical (unpaired) electrons. The van der Waals surface area contributed by atoms with Gasteiger partial charge in [0, 0.05) is 11.1 Å². The number of hydrogen-bond acceptors (Lipinski definition) is 4. The van der Waals surface area contributed by atoms with Crippen LogP contribution in [0.1, 0.15) is 0 Å². The summed E-state index contributed by atoms with van der Waals surface area (Å²) in [6.45, 7) is 0. The zero-order valence-corrected chi connectivity index (χ0v) is 17.7. The smallest absolute Gasteiger partial charge is 0.195 e. The maximum absolute atomic E-state index is 14.0. The predicted molar refractivity (Wildman–Crippen MR) is 120 cm³/mol. The first-order chi connectivity index (χ1) is 14.6. The lowest BCUT2D eigenvalue weighted by molar-refractivity contribution is 0.414. The Morgan fingerprint density at radius 1 is 0.867 bits per heavy atom. The molecule has 30 heavy (non-hydrogen) atoms. The fourth-order valence-corrected chi connectivity index (χ4v) is 4.87. The van der Waals surface area contributed by atoms with Gasteiger partial charge in [0.05, 0.1) is 40.8 Å². The Hall–Kier alpha value is -3.09. The highest BCUT2D eigenvalue weighted by Gasteiger charge is 2.21. The molecule has 0 saturated heterocycles. The van der Waals surface area contributed by atoms with Crippen molar-refractivity contribution in [2.75, 3.05) is 14.2 Å². The average molecular weight is 439 g/mol. The first-order valence-electron chi connectivity index (χ1n) is 9.18. The highest BCUT2D eigenvalue weighted by molar-refractivity contribution is 7.24. The summed E-state index contributed by atoms with van der Waals surface area (Å²) in [4.78, 5) is 5.64. The van der Waals surface area contributed by atoms with E-state index in [4.69, 9.17) is 26.1 Å². The number of imidazole rings is 1. The highest BCUT2D eigenvalue weighted by atomic mass is 35.5. The minimum Gasteiger partial charge on any atom is -0.497 e. The molecule has 3 aromatic carbocycles. The molecule has 2 aromatic heterocycles. The maximum Gasteiger partial charge on any atom is 0.195 e. The van der Waals surface area contributed by atoms with Crippen LogP contribution in [0.2, 0.25) is 5.02 Å². The Morgan fingerprint density at radius 2 is 1.47 bits per heavy atom. The monoisotopic (exact) mass is 438 g/mol. The number of rotatable bonds is 4. The number of thiazole rings is 1. The summed E-state index contributed by atoms with van der Waals surface area (Å²) < 4.78 is 27.3.